The Labute approximate surface area is 109 Å². The van der Waals surface area contributed by atoms with Crippen molar-refractivity contribution >= 4 is 9.84 Å². The summed E-state index contributed by atoms with van der Waals surface area (Å²) < 4.78 is 23.1. The maximum Gasteiger partial charge on any atom is 0.153 e. The highest BCUT2D eigenvalue weighted by Crippen LogP contribution is 2.03. The Morgan fingerprint density at radius 2 is 1.89 bits per heavy atom. The van der Waals surface area contributed by atoms with E-state index in [-0.39, 0.29) is 11.0 Å². The molecule has 0 fully saturated rings. The lowest BCUT2D eigenvalue weighted by Crippen LogP contribution is -2.27. The number of nitriles is 1. The predicted octanol–water partition coefficient (Wildman–Crippen LogP) is 1.47. The van der Waals surface area contributed by atoms with Crippen LogP contribution in [-0.4, -0.2) is 26.0 Å². The molecule has 1 rings (SSSR count). The van der Waals surface area contributed by atoms with E-state index < -0.39 is 9.84 Å². The third-order valence-corrected chi connectivity index (χ3v) is 4.90. The minimum Gasteiger partial charge on any atom is -0.312 e. The molecule has 0 spiro atoms. The Morgan fingerprint density at radius 3 is 2.39 bits per heavy atom. The Kier molecular flexibility index (Phi) is 5.32. The molecule has 0 aliphatic carbocycles. The molecular formula is C13H18N2O2S. The maximum atomic E-state index is 11.5. The topological polar surface area (TPSA) is 70.0 Å². The van der Waals surface area contributed by atoms with Gasteiger partial charge in [0.2, 0.25) is 0 Å². The second-order valence-corrected chi connectivity index (χ2v) is 7.08. The molecule has 0 aromatic heterocycles. The fourth-order valence-corrected chi connectivity index (χ4v) is 2.28. The standard InChI is InChI=1S/C13H18N2O2S/c1-11(2)18(16,17)8-7-15-10-13-5-3-12(9-14)4-6-13/h3-6,11,15H,7-8,10H2,1-2H3. The first-order valence-corrected chi connectivity index (χ1v) is 7.58. The van der Waals surface area contributed by atoms with Gasteiger partial charge in [0.05, 0.1) is 22.6 Å². The van der Waals surface area contributed by atoms with Crippen molar-refractivity contribution in [1.29, 1.82) is 5.26 Å². The first kappa shape index (κ1) is 14.7. The van der Waals surface area contributed by atoms with Crippen LogP contribution < -0.4 is 5.32 Å². The summed E-state index contributed by atoms with van der Waals surface area (Å²) in [6.45, 7) is 4.44. The first-order valence-electron chi connectivity index (χ1n) is 5.87. The van der Waals surface area contributed by atoms with Crippen LogP contribution in [0.15, 0.2) is 24.3 Å². The van der Waals surface area contributed by atoms with Gasteiger partial charge in [-0.15, -0.1) is 0 Å². The molecule has 4 nitrogen and oxygen atoms in total. The van der Waals surface area contributed by atoms with Gasteiger partial charge in [-0.2, -0.15) is 5.26 Å². The van der Waals surface area contributed by atoms with Crippen LogP contribution >= 0.6 is 0 Å². The SMILES string of the molecule is CC(C)S(=O)(=O)CCNCc1ccc(C#N)cc1. The molecule has 1 aromatic carbocycles. The molecule has 18 heavy (non-hydrogen) atoms. The Bertz CT molecular complexity index is 513. The van der Waals surface area contributed by atoms with Gasteiger partial charge in [0, 0.05) is 13.1 Å². The first-order chi connectivity index (χ1) is 8.45. The summed E-state index contributed by atoms with van der Waals surface area (Å²) in [5.41, 5.74) is 1.66. The van der Waals surface area contributed by atoms with Crippen LogP contribution in [0.5, 0.6) is 0 Å². The van der Waals surface area contributed by atoms with Crippen LogP contribution in [0.2, 0.25) is 0 Å². The fraction of sp³-hybridized carbons (Fsp3) is 0.462. The van der Waals surface area contributed by atoms with Crippen LogP contribution in [0.3, 0.4) is 0 Å². The number of hydrogen-bond acceptors (Lipinski definition) is 4. The zero-order valence-corrected chi connectivity index (χ0v) is 11.5. The zero-order chi connectivity index (χ0) is 13.6. The number of sulfone groups is 1. The highest BCUT2D eigenvalue weighted by Gasteiger charge is 2.14. The molecule has 0 radical (unpaired) electrons. The summed E-state index contributed by atoms with van der Waals surface area (Å²) in [7, 11) is -2.97. The summed E-state index contributed by atoms with van der Waals surface area (Å²) in [4.78, 5) is 0. The summed E-state index contributed by atoms with van der Waals surface area (Å²) in [5.74, 6) is 0.154. The average molecular weight is 266 g/mol. The third kappa shape index (κ3) is 4.47. The van der Waals surface area contributed by atoms with Crippen molar-refractivity contribution in [3.05, 3.63) is 35.4 Å². The Balaban J connectivity index is 2.36. The van der Waals surface area contributed by atoms with E-state index in [2.05, 4.69) is 11.4 Å². The van der Waals surface area contributed by atoms with E-state index in [9.17, 15) is 8.42 Å². The minimum absolute atomic E-state index is 0.154. The van der Waals surface area contributed by atoms with Crippen molar-refractivity contribution < 1.29 is 8.42 Å². The molecular weight excluding hydrogens is 248 g/mol. The molecule has 0 saturated heterocycles. The van der Waals surface area contributed by atoms with Gasteiger partial charge in [0.15, 0.2) is 9.84 Å². The normalized spacial score (nSPS) is 11.4. The van der Waals surface area contributed by atoms with Gasteiger partial charge in [-0.1, -0.05) is 12.1 Å². The van der Waals surface area contributed by atoms with E-state index >= 15 is 0 Å². The lowest BCUT2D eigenvalue weighted by molar-refractivity contribution is 0.582. The molecule has 0 amide bonds. The van der Waals surface area contributed by atoms with Gasteiger partial charge >= 0.3 is 0 Å². The highest BCUT2D eigenvalue weighted by molar-refractivity contribution is 7.92. The van der Waals surface area contributed by atoms with Crippen LogP contribution in [0.1, 0.15) is 25.0 Å². The summed E-state index contributed by atoms with van der Waals surface area (Å²) >= 11 is 0. The monoisotopic (exact) mass is 266 g/mol. The smallest absolute Gasteiger partial charge is 0.153 e. The van der Waals surface area contributed by atoms with E-state index in [1.165, 1.54) is 0 Å². The molecule has 0 unspecified atom stereocenters. The van der Waals surface area contributed by atoms with Crippen LogP contribution in [-0.2, 0) is 16.4 Å². The molecule has 5 heteroatoms. The molecule has 1 aromatic rings. The van der Waals surface area contributed by atoms with Crippen molar-refractivity contribution in [3.63, 3.8) is 0 Å². The fourth-order valence-electron chi connectivity index (χ4n) is 1.38. The largest absolute Gasteiger partial charge is 0.312 e. The lowest BCUT2D eigenvalue weighted by Gasteiger charge is -2.08. The molecule has 0 atom stereocenters. The zero-order valence-electron chi connectivity index (χ0n) is 10.7. The maximum absolute atomic E-state index is 11.5. The molecule has 0 aliphatic rings. The van der Waals surface area contributed by atoms with Crippen LogP contribution in [0.4, 0.5) is 0 Å². The van der Waals surface area contributed by atoms with Crippen LogP contribution in [0, 0.1) is 11.3 Å². The van der Waals surface area contributed by atoms with E-state index in [0.29, 0.717) is 18.7 Å². The molecule has 0 aliphatic heterocycles. The summed E-state index contributed by atoms with van der Waals surface area (Å²) in [6, 6.07) is 9.28. The quantitative estimate of drug-likeness (QED) is 0.792. The molecule has 0 heterocycles. The third-order valence-electron chi connectivity index (χ3n) is 2.69. The van der Waals surface area contributed by atoms with E-state index in [1.54, 1.807) is 26.0 Å². The van der Waals surface area contributed by atoms with Crippen LogP contribution in [0.25, 0.3) is 0 Å². The van der Waals surface area contributed by atoms with Gasteiger partial charge in [-0.3, -0.25) is 0 Å². The van der Waals surface area contributed by atoms with Crippen molar-refractivity contribution in [1.82, 2.24) is 5.32 Å². The van der Waals surface area contributed by atoms with E-state index in [1.807, 2.05) is 12.1 Å². The average Bonchev–Trinajstić information content (AvgIpc) is 2.35. The summed E-state index contributed by atoms with van der Waals surface area (Å²) in [6.07, 6.45) is 0. The lowest BCUT2D eigenvalue weighted by atomic mass is 10.1. The number of nitrogens with one attached hydrogen (secondary N) is 1. The van der Waals surface area contributed by atoms with E-state index in [0.717, 1.165) is 5.56 Å². The van der Waals surface area contributed by atoms with Gasteiger partial charge in [-0.05, 0) is 31.5 Å². The van der Waals surface area contributed by atoms with E-state index in [4.69, 9.17) is 5.26 Å². The summed E-state index contributed by atoms with van der Waals surface area (Å²) in [5, 5.41) is 11.4. The number of benzene rings is 1. The second kappa shape index (κ2) is 6.53. The van der Waals surface area contributed by atoms with Gasteiger partial charge in [0.1, 0.15) is 0 Å². The van der Waals surface area contributed by atoms with Crippen molar-refractivity contribution in [2.45, 2.75) is 25.6 Å². The number of nitrogens with zero attached hydrogens (tertiary/aromatic N) is 1. The second-order valence-electron chi connectivity index (χ2n) is 4.40. The van der Waals surface area contributed by atoms with Gasteiger partial charge in [-0.25, -0.2) is 8.42 Å². The van der Waals surface area contributed by atoms with Gasteiger partial charge < -0.3 is 5.32 Å². The van der Waals surface area contributed by atoms with Crippen molar-refractivity contribution in [2.75, 3.05) is 12.3 Å². The highest BCUT2D eigenvalue weighted by atomic mass is 32.2. The Hall–Kier alpha value is -1.38. The number of hydrogen-bond donors (Lipinski definition) is 1. The molecule has 1 N–H and O–H groups in total. The molecule has 0 bridgehead atoms. The number of rotatable bonds is 6. The van der Waals surface area contributed by atoms with Crippen molar-refractivity contribution in [2.24, 2.45) is 0 Å². The molecule has 0 saturated carbocycles. The molecule has 98 valence electrons. The predicted molar refractivity (Wildman–Crippen MR) is 71.8 cm³/mol. The van der Waals surface area contributed by atoms with Gasteiger partial charge in [0.25, 0.3) is 0 Å². The van der Waals surface area contributed by atoms with Crippen molar-refractivity contribution in [3.8, 4) is 6.07 Å². The minimum atomic E-state index is -2.97. The Morgan fingerprint density at radius 1 is 1.28 bits per heavy atom.